The van der Waals surface area contributed by atoms with Gasteiger partial charge >= 0.3 is 5.69 Å². The van der Waals surface area contributed by atoms with Gasteiger partial charge in [-0.05, 0) is 18.8 Å². The second kappa shape index (κ2) is 8.27. The lowest BCUT2D eigenvalue weighted by atomic mass is 9.95. The van der Waals surface area contributed by atoms with Gasteiger partial charge in [0.1, 0.15) is 12.4 Å². The van der Waals surface area contributed by atoms with Gasteiger partial charge in [0.15, 0.2) is 5.96 Å². The molecule has 1 atom stereocenters. The van der Waals surface area contributed by atoms with E-state index in [0.29, 0.717) is 19.5 Å². The van der Waals surface area contributed by atoms with Gasteiger partial charge in [0, 0.05) is 33.1 Å². The second-order valence-electron chi connectivity index (χ2n) is 5.82. The number of hydrogen-bond donors (Lipinski definition) is 2. The molecule has 10 heteroatoms. The highest BCUT2D eigenvalue weighted by Gasteiger charge is 2.23. The van der Waals surface area contributed by atoms with E-state index in [0.717, 1.165) is 31.9 Å². The molecular weight excluding hydrogens is 314 g/mol. The number of aliphatic imine (C=N–C) groups is 1. The van der Waals surface area contributed by atoms with Crippen molar-refractivity contribution in [2.24, 2.45) is 16.6 Å². The van der Waals surface area contributed by atoms with Crippen LogP contribution in [0.1, 0.15) is 19.3 Å². The van der Waals surface area contributed by atoms with Crippen molar-refractivity contribution in [1.82, 2.24) is 20.0 Å². The Hall–Kier alpha value is -2.65. The maximum absolute atomic E-state index is 11.1. The smallest absolute Gasteiger partial charge is 0.306 e. The minimum absolute atomic E-state index is 0.0234. The maximum atomic E-state index is 11.1. The number of amides is 1. The monoisotopic (exact) mass is 337 g/mol. The summed E-state index contributed by atoms with van der Waals surface area (Å²) in [5.74, 6) is 0.736. The van der Waals surface area contributed by atoms with E-state index >= 15 is 0 Å². The van der Waals surface area contributed by atoms with Crippen molar-refractivity contribution in [2.45, 2.75) is 25.8 Å². The zero-order valence-corrected chi connectivity index (χ0v) is 13.7. The Labute approximate surface area is 139 Å². The molecule has 24 heavy (non-hydrogen) atoms. The summed E-state index contributed by atoms with van der Waals surface area (Å²) in [5, 5.41) is 17.8. The fourth-order valence-electron chi connectivity index (χ4n) is 2.89. The first-order valence-electron chi connectivity index (χ1n) is 7.90. The summed E-state index contributed by atoms with van der Waals surface area (Å²) < 4.78 is 1.52. The molecule has 1 aliphatic rings. The summed E-state index contributed by atoms with van der Waals surface area (Å²) in [6, 6.07) is 0. The Morgan fingerprint density at radius 2 is 2.42 bits per heavy atom. The molecule has 1 unspecified atom stereocenters. The van der Waals surface area contributed by atoms with Gasteiger partial charge in [-0.15, -0.1) is 0 Å². The van der Waals surface area contributed by atoms with Crippen molar-refractivity contribution < 1.29 is 9.72 Å². The number of aromatic nitrogens is 2. The minimum atomic E-state index is -0.470. The van der Waals surface area contributed by atoms with Gasteiger partial charge in [-0.25, -0.2) is 0 Å². The number of rotatable bonds is 6. The fraction of sp³-hybridized carbons (Fsp3) is 0.643. The van der Waals surface area contributed by atoms with Crippen molar-refractivity contribution in [3.63, 3.8) is 0 Å². The topological polar surface area (TPSA) is 132 Å². The van der Waals surface area contributed by atoms with E-state index in [-0.39, 0.29) is 17.5 Å². The third-order valence-electron chi connectivity index (χ3n) is 3.97. The molecule has 0 bridgehead atoms. The van der Waals surface area contributed by atoms with Gasteiger partial charge in [-0.2, -0.15) is 5.10 Å². The quantitative estimate of drug-likeness (QED) is 0.324. The number of likely N-dealkylation sites (tertiary alicyclic amines) is 1. The summed E-state index contributed by atoms with van der Waals surface area (Å²) in [4.78, 5) is 27.6. The fourth-order valence-corrected chi connectivity index (χ4v) is 2.89. The lowest BCUT2D eigenvalue weighted by Gasteiger charge is -2.34. The number of guanidine groups is 1. The molecule has 1 amide bonds. The normalized spacial score (nSPS) is 18.5. The van der Waals surface area contributed by atoms with Gasteiger partial charge in [-0.1, -0.05) is 0 Å². The summed E-state index contributed by atoms with van der Waals surface area (Å²) in [6.07, 6.45) is 5.00. The summed E-state index contributed by atoms with van der Waals surface area (Å²) in [5.41, 5.74) is 5.26. The van der Waals surface area contributed by atoms with Crippen molar-refractivity contribution in [2.75, 3.05) is 26.7 Å². The van der Waals surface area contributed by atoms with Crippen LogP contribution in [0.5, 0.6) is 0 Å². The molecule has 3 N–H and O–H groups in total. The number of nitrogens with one attached hydrogen (secondary N) is 1. The Kier molecular flexibility index (Phi) is 6.10. The van der Waals surface area contributed by atoms with Gasteiger partial charge in [0.05, 0.1) is 11.5 Å². The highest BCUT2D eigenvalue weighted by Crippen LogP contribution is 2.19. The van der Waals surface area contributed by atoms with E-state index in [2.05, 4.69) is 20.3 Å². The first-order chi connectivity index (χ1) is 11.5. The van der Waals surface area contributed by atoms with Crippen molar-refractivity contribution in [1.29, 1.82) is 0 Å². The first kappa shape index (κ1) is 17.7. The van der Waals surface area contributed by atoms with Crippen LogP contribution in [0.4, 0.5) is 5.69 Å². The van der Waals surface area contributed by atoms with Gasteiger partial charge in [0.25, 0.3) is 0 Å². The lowest BCUT2D eigenvalue weighted by Crippen LogP contribution is -2.47. The van der Waals surface area contributed by atoms with Crippen LogP contribution < -0.4 is 11.1 Å². The molecule has 132 valence electrons. The molecule has 0 spiro atoms. The average molecular weight is 337 g/mol. The zero-order valence-electron chi connectivity index (χ0n) is 13.7. The third kappa shape index (κ3) is 4.93. The maximum Gasteiger partial charge on any atom is 0.306 e. The number of nitro groups is 1. The summed E-state index contributed by atoms with van der Waals surface area (Å²) in [6.45, 7) is 2.66. The number of piperidine rings is 1. The average Bonchev–Trinajstić information content (AvgIpc) is 3.00. The molecular formula is C14H23N7O3. The molecule has 1 aliphatic heterocycles. The molecule has 0 saturated carbocycles. The molecule has 2 heterocycles. The van der Waals surface area contributed by atoms with Crippen LogP contribution in [-0.2, 0) is 11.3 Å². The Balaban J connectivity index is 1.83. The van der Waals surface area contributed by atoms with Crippen LogP contribution in [0.25, 0.3) is 0 Å². The number of nitrogens with two attached hydrogens (primary N) is 1. The third-order valence-corrected chi connectivity index (χ3v) is 3.97. The number of nitrogens with zero attached hydrogens (tertiary/aromatic N) is 5. The largest absolute Gasteiger partial charge is 0.370 e. The van der Waals surface area contributed by atoms with Crippen LogP contribution in [0.15, 0.2) is 17.4 Å². The van der Waals surface area contributed by atoms with Crippen LogP contribution in [-0.4, -0.2) is 58.2 Å². The molecule has 0 radical (unpaired) electrons. The predicted molar refractivity (Wildman–Crippen MR) is 88.4 cm³/mol. The molecule has 10 nitrogen and oxygen atoms in total. The Bertz CT molecular complexity index is 613. The van der Waals surface area contributed by atoms with Crippen LogP contribution >= 0.6 is 0 Å². The molecule has 0 aromatic carbocycles. The summed E-state index contributed by atoms with van der Waals surface area (Å²) in [7, 11) is 1.71. The number of carbonyl (C=O) groups excluding carboxylic acids is 1. The van der Waals surface area contributed by atoms with E-state index in [1.54, 1.807) is 7.05 Å². The van der Waals surface area contributed by atoms with Gasteiger partial charge in [-0.3, -0.25) is 24.6 Å². The molecule has 1 aromatic heterocycles. The van der Waals surface area contributed by atoms with E-state index in [4.69, 9.17) is 5.73 Å². The van der Waals surface area contributed by atoms with Crippen LogP contribution in [0.3, 0.4) is 0 Å². The van der Waals surface area contributed by atoms with Crippen molar-refractivity contribution in [3.8, 4) is 0 Å². The Morgan fingerprint density at radius 3 is 3.04 bits per heavy atom. The zero-order chi connectivity index (χ0) is 17.5. The van der Waals surface area contributed by atoms with Gasteiger partial charge in [0.2, 0.25) is 5.91 Å². The molecule has 2 rings (SSSR count). The van der Waals surface area contributed by atoms with Crippen molar-refractivity contribution >= 4 is 17.6 Å². The van der Waals surface area contributed by atoms with E-state index in [1.807, 2.05) is 0 Å². The summed E-state index contributed by atoms with van der Waals surface area (Å²) >= 11 is 0. The highest BCUT2D eigenvalue weighted by molar-refractivity contribution is 5.80. The SMILES string of the molecule is CN=C(NCCn1cc([N+](=O)[O-])cn1)N1CCCC(CC(N)=O)C1. The predicted octanol–water partition coefficient (Wildman–Crippen LogP) is -0.0459. The van der Waals surface area contributed by atoms with E-state index in [1.165, 1.54) is 17.1 Å². The second-order valence-corrected chi connectivity index (χ2v) is 5.82. The molecule has 1 aromatic rings. The first-order valence-corrected chi connectivity index (χ1v) is 7.90. The van der Waals surface area contributed by atoms with E-state index < -0.39 is 4.92 Å². The van der Waals surface area contributed by atoms with Crippen molar-refractivity contribution in [3.05, 3.63) is 22.5 Å². The highest BCUT2D eigenvalue weighted by atomic mass is 16.6. The molecule has 1 saturated heterocycles. The lowest BCUT2D eigenvalue weighted by molar-refractivity contribution is -0.385. The van der Waals surface area contributed by atoms with Crippen LogP contribution in [0.2, 0.25) is 0 Å². The van der Waals surface area contributed by atoms with Crippen LogP contribution in [0, 0.1) is 16.0 Å². The Morgan fingerprint density at radius 1 is 1.62 bits per heavy atom. The number of carbonyl (C=O) groups is 1. The molecule has 0 aliphatic carbocycles. The van der Waals surface area contributed by atoms with Gasteiger partial charge < -0.3 is 16.0 Å². The number of primary amides is 1. The number of hydrogen-bond acceptors (Lipinski definition) is 5. The molecule has 1 fully saturated rings. The minimum Gasteiger partial charge on any atom is -0.370 e. The van der Waals surface area contributed by atoms with E-state index in [9.17, 15) is 14.9 Å². The standard InChI is InChI=1S/C14H23N7O3/c1-16-14(19-5-2-3-11(9-19)7-13(15)22)17-4-6-20-10-12(8-18-20)21(23)24/h8,10-11H,2-7,9H2,1H3,(H2,15,22)(H,16,17).